The van der Waals surface area contributed by atoms with Crippen LogP contribution < -0.4 is 0 Å². The van der Waals surface area contributed by atoms with E-state index in [1.54, 1.807) is 0 Å². The molecule has 0 spiro atoms. The normalized spacial score (nSPS) is 12.4. The van der Waals surface area contributed by atoms with E-state index in [0.717, 1.165) is 39.9 Å². The van der Waals surface area contributed by atoms with Crippen LogP contribution in [0.15, 0.2) is 170 Å². The molecule has 0 N–H and O–H groups in total. The van der Waals surface area contributed by atoms with E-state index >= 15 is 0 Å². The van der Waals surface area contributed by atoms with E-state index in [9.17, 15) is 0 Å². The lowest BCUT2D eigenvalue weighted by molar-refractivity contribution is 1.18. The Morgan fingerprint density at radius 2 is 1.00 bits per heavy atom. The summed E-state index contributed by atoms with van der Waals surface area (Å²) in [6.45, 7) is 0. The molecule has 2 nitrogen and oxygen atoms in total. The second kappa shape index (κ2) is 12.7. The number of allylic oxidation sites excluding steroid dienone is 2. The molecule has 9 aromatic rings. The third-order valence-electron chi connectivity index (χ3n) is 10.1. The first-order valence-corrected chi connectivity index (χ1v) is 18.5. The molecule has 0 unspecified atom stereocenters. The van der Waals surface area contributed by atoms with E-state index in [-0.39, 0.29) is 0 Å². The number of benzene rings is 7. The molecule has 244 valence electrons. The maximum Gasteiger partial charge on any atom is 0.160 e. The van der Waals surface area contributed by atoms with E-state index in [0.29, 0.717) is 5.82 Å². The zero-order valence-corrected chi connectivity index (χ0v) is 29.1. The van der Waals surface area contributed by atoms with Crippen molar-refractivity contribution in [3.63, 3.8) is 0 Å². The van der Waals surface area contributed by atoms with Crippen LogP contribution in [0.3, 0.4) is 0 Å². The molecule has 7 aromatic carbocycles. The van der Waals surface area contributed by atoms with Gasteiger partial charge in [0.15, 0.2) is 5.82 Å². The zero-order valence-electron chi connectivity index (χ0n) is 28.3. The molecule has 0 bridgehead atoms. The van der Waals surface area contributed by atoms with Gasteiger partial charge in [-0.3, -0.25) is 0 Å². The molecule has 0 atom stereocenters. The largest absolute Gasteiger partial charge is 0.228 e. The molecule has 1 aliphatic rings. The summed E-state index contributed by atoms with van der Waals surface area (Å²) in [6, 6.07) is 56.5. The smallest absolute Gasteiger partial charge is 0.160 e. The fourth-order valence-corrected chi connectivity index (χ4v) is 8.57. The molecule has 0 fully saturated rings. The predicted octanol–water partition coefficient (Wildman–Crippen LogP) is 13.8. The van der Waals surface area contributed by atoms with Crippen molar-refractivity contribution in [2.75, 3.05) is 0 Å². The number of hydrogen-bond donors (Lipinski definition) is 0. The van der Waals surface area contributed by atoms with Gasteiger partial charge in [0.2, 0.25) is 0 Å². The van der Waals surface area contributed by atoms with Gasteiger partial charge in [-0.15, -0.1) is 11.3 Å². The van der Waals surface area contributed by atoms with Crippen molar-refractivity contribution >= 4 is 54.4 Å². The molecule has 0 aliphatic heterocycles. The first kappa shape index (κ1) is 30.4. The van der Waals surface area contributed by atoms with Gasteiger partial charge in [0.25, 0.3) is 0 Å². The van der Waals surface area contributed by atoms with Crippen LogP contribution in [0.2, 0.25) is 0 Å². The van der Waals surface area contributed by atoms with Gasteiger partial charge in [-0.05, 0) is 87.0 Å². The van der Waals surface area contributed by atoms with Crippen molar-refractivity contribution in [1.82, 2.24) is 9.97 Å². The van der Waals surface area contributed by atoms with E-state index < -0.39 is 0 Å². The minimum absolute atomic E-state index is 0.714. The lowest BCUT2D eigenvalue weighted by Gasteiger charge is -2.16. The molecular formula is C49H32N2S. The summed E-state index contributed by atoms with van der Waals surface area (Å²) in [5, 5.41) is 4.99. The Hall–Kier alpha value is -6.42. The highest BCUT2D eigenvalue weighted by Gasteiger charge is 2.18. The third kappa shape index (κ3) is 5.43. The lowest BCUT2D eigenvalue weighted by Crippen LogP contribution is -1.99. The summed E-state index contributed by atoms with van der Waals surface area (Å²) in [4.78, 5) is 10.5. The fraction of sp³-hybridized carbons (Fsp3) is 0.0204. The minimum Gasteiger partial charge on any atom is -0.228 e. The van der Waals surface area contributed by atoms with Crippen molar-refractivity contribution in [2.45, 2.75) is 6.42 Å². The maximum atomic E-state index is 5.29. The van der Waals surface area contributed by atoms with Gasteiger partial charge in [-0.25, -0.2) is 9.97 Å². The molecule has 0 saturated carbocycles. The average Bonchev–Trinajstić information content (AvgIpc) is 3.40. The highest BCUT2D eigenvalue weighted by Crippen LogP contribution is 2.39. The molecule has 10 rings (SSSR count). The van der Waals surface area contributed by atoms with Crippen LogP contribution >= 0.6 is 11.3 Å². The second-order valence-electron chi connectivity index (χ2n) is 13.3. The Kier molecular flexibility index (Phi) is 7.44. The molecule has 0 saturated heterocycles. The summed E-state index contributed by atoms with van der Waals surface area (Å²) in [5.41, 5.74) is 12.2. The second-order valence-corrected chi connectivity index (χ2v) is 14.4. The first-order valence-electron chi connectivity index (χ1n) is 17.7. The highest BCUT2D eigenvalue weighted by atomic mass is 32.1. The van der Waals surface area contributed by atoms with Crippen LogP contribution in [-0.2, 0) is 0 Å². The van der Waals surface area contributed by atoms with Crippen molar-refractivity contribution in [1.29, 1.82) is 0 Å². The average molecular weight is 681 g/mol. The van der Waals surface area contributed by atoms with E-state index in [4.69, 9.17) is 9.97 Å². The molecular weight excluding hydrogens is 649 g/mol. The van der Waals surface area contributed by atoms with E-state index in [1.807, 2.05) is 17.4 Å². The van der Waals surface area contributed by atoms with E-state index in [2.05, 4.69) is 176 Å². The van der Waals surface area contributed by atoms with Crippen LogP contribution in [0.25, 0.3) is 99.3 Å². The molecule has 52 heavy (non-hydrogen) atoms. The van der Waals surface area contributed by atoms with Crippen LogP contribution in [0.5, 0.6) is 0 Å². The van der Waals surface area contributed by atoms with Gasteiger partial charge >= 0.3 is 0 Å². The van der Waals surface area contributed by atoms with Gasteiger partial charge in [0.1, 0.15) is 0 Å². The van der Waals surface area contributed by atoms with Gasteiger partial charge in [-0.2, -0.15) is 0 Å². The summed E-state index contributed by atoms with van der Waals surface area (Å²) >= 11 is 1.86. The SMILES string of the molecule is C1=Cc2c(-c3ccccc3)ccc(-c3cc(-c4ccccc4)nc(-c4ccc5cc(-c6ccc7sc8ccccc8c7c6)ccc5c4)n3)c2C=CC1. The number of aromatic nitrogens is 2. The topological polar surface area (TPSA) is 25.8 Å². The number of fused-ring (bicyclic) bond motifs is 5. The number of nitrogens with zero attached hydrogens (tertiary/aromatic N) is 2. The molecule has 2 heterocycles. The van der Waals surface area contributed by atoms with Crippen LogP contribution in [0.1, 0.15) is 17.5 Å². The minimum atomic E-state index is 0.714. The first-order chi connectivity index (χ1) is 25.7. The van der Waals surface area contributed by atoms with Crippen molar-refractivity contribution in [2.24, 2.45) is 0 Å². The van der Waals surface area contributed by atoms with Gasteiger partial charge in [0.05, 0.1) is 11.4 Å². The quantitative estimate of drug-likeness (QED) is 0.181. The highest BCUT2D eigenvalue weighted by molar-refractivity contribution is 7.25. The molecule has 0 amide bonds. The Morgan fingerprint density at radius 3 is 1.81 bits per heavy atom. The number of rotatable bonds is 5. The Balaban J connectivity index is 1.09. The molecule has 1 aliphatic carbocycles. The Bertz CT molecular complexity index is 2860. The summed E-state index contributed by atoms with van der Waals surface area (Å²) in [6.07, 6.45) is 9.89. The predicted molar refractivity (Wildman–Crippen MR) is 222 cm³/mol. The molecule has 2 aromatic heterocycles. The summed E-state index contributed by atoms with van der Waals surface area (Å²) in [7, 11) is 0. The lowest BCUT2D eigenvalue weighted by atomic mass is 9.90. The van der Waals surface area contributed by atoms with Crippen molar-refractivity contribution in [3.05, 3.63) is 181 Å². The van der Waals surface area contributed by atoms with Gasteiger partial charge in [-0.1, -0.05) is 146 Å². The summed E-state index contributed by atoms with van der Waals surface area (Å²) < 4.78 is 2.65. The number of hydrogen-bond acceptors (Lipinski definition) is 3. The van der Waals surface area contributed by atoms with Gasteiger partial charge < -0.3 is 0 Å². The van der Waals surface area contributed by atoms with Crippen LogP contribution in [-0.4, -0.2) is 9.97 Å². The zero-order chi connectivity index (χ0) is 34.4. The maximum absolute atomic E-state index is 5.29. The van der Waals surface area contributed by atoms with Crippen LogP contribution in [0, 0.1) is 0 Å². The van der Waals surface area contributed by atoms with Gasteiger partial charge in [0, 0.05) is 36.9 Å². The standard InChI is InChI=1S/C49H32N2S/c1-4-12-32(13-5-1)39-25-26-42(41-17-9-3-8-16-40(39)41)46-31-45(33-14-6-2-7-15-33)50-49(51-46)38-23-22-34-28-35(20-21-36(34)29-38)37-24-27-48-44(30-37)43-18-10-11-19-47(43)52-48/h1-2,4-31H,3H2. The van der Waals surface area contributed by atoms with E-state index in [1.165, 1.54) is 58.9 Å². The van der Waals surface area contributed by atoms with Crippen LogP contribution in [0.4, 0.5) is 0 Å². The molecule has 3 heteroatoms. The monoisotopic (exact) mass is 680 g/mol. The molecule has 0 radical (unpaired) electrons. The Labute approximate surface area is 306 Å². The Morgan fingerprint density at radius 1 is 0.404 bits per heavy atom. The number of thiophene rings is 1. The fourth-order valence-electron chi connectivity index (χ4n) is 7.48. The third-order valence-corrected chi connectivity index (χ3v) is 11.2. The van der Waals surface area contributed by atoms with Crippen molar-refractivity contribution in [3.8, 4) is 56.2 Å². The van der Waals surface area contributed by atoms with Crippen molar-refractivity contribution < 1.29 is 0 Å². The summed E-state index contributed by atoms with van der Waals surface area (Å²) in [5.74, 6) is 0.714.